The van der Waals surface area contributed by atoms with Crippen LogP contribution in [0.3, 0.4) is 0 Å². The zero-order valence-corrected chi connectivity index (χ0v) is 12.1. The van der Waals surface area contributed by atoms with E-state index in [0.717, 1.165) is 19.3 Å². The fourth-order valence-electron chi connectivity index (χ4n) is 2.63. The Bertz CT molecular complexity index is 445. The summed E-state index contributed by atoms with van der Waals surface area (Å²) in [6.07, 6.45) is 2.91. The van der Waals surface area contributed by atoms with Crippen LogP contribution in [0.1, 0.15) is 29.6 Å². The molecule has 1 fully saturated rings. The predicted molar refractivity (Wildman–Crippen MR) is 79.3 cm³/mol. The molecule has 0 radical (unpaired) electrons. The van der Waals surface area contributed by atoms with E-state index >= 15 is 0 Å². The number of phenols is 2. The van der Waals surface area contributed by atoms with Gasteiger partial charge in [0.1, 0.15) is 17.1 Å². The van der Waals surface area contributed by atoms with Gasteiger partial charge in [-0.25, -0.2) is 0 Å². The maximum atomic E-state index is 12.4. The van der Waals surface area contributed by atoms with Gasteiger partial charge in [-0.2, -0.15) is 0 Å². The second-order valence-corrected chi connectivity index (χ2v) is 5.01. The quantitative estimate of drug-likeness (QED) is 0.793. The first-order valence-electron chi connectivity index (χ1n) is 6.63. The molecule has 1 aromatic rings. The van der Waals surface area contributed by atoms with Gasteiger partial charge in [-0.1, -0.05) is 6.07 Å². The molecule has 1 aliphatic rings. The molecule has 5 nitrogen and oxygen atoms in total. The molecule has 0 saturated carbocycles. The van der Waals surface area contributed by atoms with Gasteiger partial charge in [0.15, 0.2) is 0 Å². The third-order valence-corrected chi connectivity index (χ3v) is 3.62. The van der Waals surface area contributed by atoms with Crippen LogP contribution in [0.4, 0.5) is 0 Å². The van der Waals surface area contributed by atoms with Gasteiger partial charge in [-0.15, -0.1) is 12.4 Å². The molecule has 1 heterocycles. The maximum Gasteiger partial charge on any atom is 0.261 e. The molecule has 112 valence electrons. The molecule has 1 aromatic carbocycles. The SMILES string of the molecule is Cl.NCCC1CCCN(C(=O)c2c(O)cccc2O)C1. The molecule has 1 atom stereocenters. The van der Waals surface area contributed by atoms with Crippen LogP contribution in [0, 0.1) is 5.92 Å². The number of benzene rings is 1. The van der Waals surface area contributed by atoms with Crippen molar-refractivity contribution in [1.82, 2.24) is 4.90 Å². The molecule has 2 rings (SSSR count). The number of carbonyl (C=O) groups is 1. The number of halogens is 1. The van der Waals surface area contributed by atoms with Crippen LogP contribution in [0.15, 0.2) is 18.2 Å². The van der Waals surface area contributed by atoms with Crippen LogP contribution in [0.5, 0.6) is 11.5 Å². The van der Waals surface area contributed by atoms with Gasteiger partial charge < -0.3 is 20.8 Å². The van der Waals surface area contributed by atoms with Gasteiger partial charge in [-0.3, -0.25) is 4.79 Å². The molecule has 4 N–H and O–H groups in total. The molecule has 0 spiro atoms. The molecule has 1 saturated heterocycles. The lowest BCUT2D eigenvalue weighted by molar-refractivity contribution is 0.0663. The molecule has 1 unspecified atom stereocenters. The van der Waals surface area contributed by atoms with Crippen LogP contribution in [-0.2, 0) is 0 Å². The second-order valence-electron chi connectivity index (χ2n) is 5.01. The second kappa shape index (κ2) is 7.36. The lowest BCUT2D eigenvalue weighted by atomic mass is 9.94. The number of nitrogens with zero attached hydrogens (tertiary/aromatic N) is 1. The number of carbonyl (C=O) groups excluding carboxylic acids is 1. The number of likely N-dealkylation sites (tertiary alicyclic amines) is 1. The van der Waals surface area contributed by atoms with Crippen molar-refractivity contribution in [3.8, 4) is 11.5 Å². The van der Waals surface area contributed by atoms with E-state index in [2.05, 4.69) is 0 Å². The standard InChI is InChI=1S/C14H20N2O3.ClH/c15-7-6-10-3-2-8-16(9-10)14(19)13-11(17)4-1-5-12(13)18;/h1,4-5,10,17-18H,2-3,6-9,15H2;1H. The van der Waals surface area contributed by atoms with E-state index in [9.17, 15) is 15.0 Å². The number of hydrogen-bond donors (Lipinski definition) is 3. The number of amides is 1. The first kappa shape index (κ1) is 16.6. The summed E-state index contributed by atoms with van der Waals surface area (Å²) in [5.41, 5.74) is 5.55. The fraction of sp³-hybridized carbons (Fsp3) is 0.500. The smallest absolute Gasteiger partial charge is 0.261 e. The van der Waals surface area contributed by atoms with Crippen LogP contribution in [0.2, 0.25) is 0 Å². The summed E-state index contributed by atoms with van der Waals surface area (Å²) in [5.74, 6) is -0.245. The van der Waals surface area contributed by atoms with E-state index in [1.165, 1.54) is 18.2 Å². The molecule has 0 aliphatic carbocycles. The number of piperidine rings is 1. The number of phenolic OH excluding ortho intramolecular Hbond substituents is 2. The van der Waals surface area contributed by atoms with Gasteiger partial charge in [0.2, 0.25) is 0 Å². The Labute approximate surface area is 124 Å². The molecule has 6 heteroatoms. The molecular formula is C14H21ClN2O3. The zero-order chi connectivity index (χ0) is 13.8. The highest BCUT2D eigenvalue weighted by molar-refractivity contribution is 5.99. The van der Waals surface area contributed by atoms with Crippen LogP contribution in [0.25, 0.3) is 0 Å². The maximum absolute atomic E-state index is 12.4. The average molecular weight is 301 g/mol. The van der Waals surface area contributed by atoms with Gasteiger partial charge in [0, 0.05) is 13.1 Å². The first-order chi connectivity index (χ1) is 9.13. The van der Waals surface area contributed by atoms with E-state index in [-0.39, 0.29) is 35.4 Å². The highest BCUT2D eigenvalue weighted by atomic mass is 35.5. The van der Waals surface area contributed by atoms with Crippen molar-refractivity contribution in [2.24, 2.45) is 11.7 Å². The molecule has 1 amide bonds. The Morgan fingerprint density at radius 2 is 2.00 bits per heavy atom. The topological polar surface area (TPSA) is 86.8 Å². The molecule has 20 heavy (non-hydrogen) atoms. The number of rotatable bonds is 3. The highest BCUT2D eigenvalue weighted by Crippen LogP contribution is 2.29. The van der Waals surface area contributed by atoms with Crippen molar-refractivity contribution in [3.63, 3.8) is 0 Å². The minimum absolute atomic E-state index is 0. The minimum atomic E-state index is -0.308. The Hall–Kier alpha value is -1.46. The van der Waals surface area contributed by atoms with Gasteiger partial charge in [0.05, 0.1) is 0 Å². The fourth-order valence-corrected chi connectivity index (χ4v) is 2.63. The van der Waals surface area contributed by atoms with Gasteiger partial charge in [0.25, 0.3) is 5.91 Å². The third-order valence-electron chi connectivity index (χ3n) is 3.62. The van der Waals surface area contributed by atoms with E-state index in [0.29, 0.717) is 25.6 Å². The Morgan fingerprint density at radius 1 is 1.35 bits per heavy atom. The van der Waals surface area contributed by atoms with Crippen molar-refractivity contribution < 1.29 is 15.0 Å². The monoisotopic (exact) mass is 300 g/mol. The molecular weight excluding hydrogens is 280 g/mol. The van der Waals surface area contributed by atoms with E-state index < -0.39 is 0 Å². The summed E-state index contributed by atoms with van der Waals surface area (Å²) in [7, 11) is 0. The Balaban J connectivity index is 0.00000200. The molecule has 0 bridgehead atoms. The summed E-state index contributed by atoms with van der Waals surface area (Å²) in [5, 5.41) is 19.5. The summed E-state index contributed by atoms with van der Waals surface area (Å²) in [6.45, 7) is 1.92. The third kappa shape index (κ3) is 3.55. The first-order valence-corrected chi connectivity index (χ1v) is 6.63. The van der Waals surface area contributed by atoms with Crippen LogP contribution in [-0.4, -0.2) is 40.7 Å². The van der Waals surface area contributed by atoms with Gasteiger partial charge >= 0.3 is 0 Å². The van der Waals surface area contributed by atoms with E-state index in [4.69, 9.17) is 5.73 Å². The number of aromatic hydroxyl groups is 2. The van der Waals surface area contributed by atoms with Crippen molar-refractivity contribution >= 4 is 18.3 Å². The number of nitrogens with two attached hydrogens (primary N) is 1. The summed E-state index contributed by atoms with van der Waals surface area (Å²) in [6, 6.07) is 4.33. The van der Waals surface area contributed by atoms with Gasteiger partial charge in [-0.05, 0) is 43.9 Å². The zero-order valence-electron chi connectivity index (χ0n) is 11.3. The van der Waals surface area contributed by atoms with Crippen molar-refractivity contribution in [3.05, 3.63) is 23.8 Å². The van der Waals surface area contributed by atoms with Crippen LogP contribution >= 0.6 is 12.4 Å². The van der Waals surface area contributed by atoms with Crippen molar-refractivity contribution in [2.75, 3.05) is 19.6 Å². The lowest BCUT2D eigenvalue weighted by Gasteiger charge is -2.33. The average Bonchev–Trinajstić information content (AvgIpc) is 2.39. The summed E-state index contributed by atoms with van der Waals surface area (Å²) < 4.78 is 0. The molecule has 1 aliphatic heterocycles. The van der Waals surface area contributed by atoms with E-state index in [1.54, 1.807) is 4.90 Å². The highest BCUT2D eigenvalue weighted by Gasteiger charge is 2.27. The minimum Gasteiger partial charge on any atom is -0.507 e. The van der Waals surface area contributed by atoms with E-state index in [1.807, 2.05) is 0 Å². The predicted octanol–water partition coefficient (Wildman–Crippen LogP) is 1.72. The van der Waals surface area contributed by atoms with Crippen LogP contribution < -0.4 is 5.73 Å². The normalized spacial score (nSPS) is 18.4. The Kier molecular flexibility index (Phi) is 6.10. The number of hydrogen-bond acceptors (Lipinski definition) is 4. The summed E-state index contributed by atoms with van der Waals surface area (Å²) >= 11 is 0. The Morgan fingerprint density at radius 3 is 2.60 bits per heavy atom. The largest absolute Gasteiger partial charge is 0.507 e. The molecule has 0 aromatic heterocycles. The lowest BCUT2D eigenvalue weighted by Crippen LogP contribution is -2.40. The van der Waals surface area contributed by atoms with Crippen molar-refractivity contribution in [1.29, 1.82) is 0 Å². The van der Waals surface area contributed by atoms with Crippen molar-refractivity contribution in [2.45, 2.75) is 19.3 Å². The summed E-state index contributed by atoms with van der Waals surface area (Å²) in [4.78, 5) is 14.1.